The smallest absolute Gasteiger partial charge is 0.208 e. The maximum absolute atomic E-state index is 12.7. The van der Waals surface area contributed by atoms with E-state index in [1.54, 1.807) is 23.9 Å². The average molecular weight is 251 g/mol. The largest absolute Gasteiger partial charge is 0.262 e. The quantitative estimate of drug-likeness (QED) is 0.847. The Morgan fingerprint density at radius 3 is 2.59 bits per heavy atom. The molecule has 1 heterocycles. The van der Waals surface area contributed by atoms with Crippen molar-refractivity contribution in [3.05, 3.63) is 41.5 Å². The van der Waals surface area contributed by atoms with E-state index in [4.69, 9.17) is 0 Å². The number of H-pyrrole nitrogens is 1. The monoisotopic (exact) mass is 251 g/mol. The Morgan fingerprint density at radius 2 is 2.00 bits per heavy atom. The number of rotatable bonds is 4. The predicted octanol–water partition coefficient (Wildman–Crippen LogP) is 3.36. The second-order valence-electron chi connectivity index (χ2n) is 4.07. The van der Waals surface area contributed by atoms with Gasteiger partial charge in [-0.2, -0.15) is 0 Å². The highest BCUT2D eigenvalue weighted by atomic mass is 32.2. The van der Waals surface area contributed by atoms with Crippen molar-refractivity contribution in [1.29, 1.82) is 0 Å². The standard InChI is InChI=1S/C12H14FN3S/c1-8(2)11-14-12(16-15-11)17-7-9-3-5-10(13)6-4-9/h3-6,8H,7H2,1-2H3,(H,14,15,16). The lowest BCUT2D eigenvalue weighted by Gasteiger charge is -1.98. The second-order valence-corrected chi connectivity index (χ2v) is 5.02. The van der Waals surface area contributed by atoms with Gasteiger partial charge in [-0.05, 0) is 17.7 Å². The molecule has 5 heteroatoms. The van der Waals surface area contributed by atoms with Crippen LogP contribution in [0.3, 0.4) is 0 Å². The zero-order chi connectivity index (χ0) is 12.3. The van der Waals surface area contributed by atoms with Crippen LogP contribution in [0.5, 0.6) is 0 Å². The van der Waals surface area contributed by atoms with Gasteiger partial charge in [0.15, 0.2) is 0 Å². The third-order valence-electron chi connectivity index (χ3n) is 2.31. The summed E-state index contributed by atoms with van der Waals surface area (Å²) in [5.74, 6) is 1.78. The van der Waals surface area contributed by atoms with Crippen LogP contribution in [0.15, 0.2) is 29.4 Å². The number of nitrogens with one attached hydrogen (secondary N) is 1. The van der Waals surface area contributed by atoms with Crippen molar-refractivity contribution in [3.8, 4) is 0 Å². The molecule has 3 nitrogen and oxygen atoms in total. The number of aromatic nitrogens is 3. The molecule has 1 aromatic heterocycles. The van der Waals surface area contributed by atoms with Gasteiger partial charge >= 0.3 is 0 Å². The predicted molar refractivity (Wildman–Crippen MR) is 66.4 cm³/mol. The van der Waals surface area contributed by atoms with Crippen LogP contribution < -0.4 is 0 Å². The van der Waals surface area contributed by atoms with Crippen molar-refractivity contribution in [2.75, 3.05) is 0 Å². The SMILES string of the molecule is CC(C)c1nc(SCc2ccc(F)cc2)n[nH]1. The Morgan fingerprint density at radius 1 is 1.29 bits per heavy atom. The van der Waals surface area contributed by atoms with Gasteiger partial charge in [0, 0.05) is 11.7 Å². The first kappa shape index (κ1) is 12.1. The van der Waals surface area contributed by atoms with Crippen molar-refractivity contribution >= 4 is 11.8 Å². The molecule has 0 unspecified atom stereocenters. The normalized spacial score (nSPS) is 11.1. The van der Waals surface area contributed by atoms with Gasteiger partial charge < -0.3 is 0 Å². The summed E-state index contributed by atoms with van der Waals surface area (Å²) in [6.07, 6.45) is 0. The molecule has 0 aliphatic rings. The van der Waals surface area contributed by atoms with Crippen LogP contribution in [0, 0.1) is 5.82 Å². The summed E-state index contributed by atoms with van der Waals surface area (Å²) in [5, 5.41) is 7.77. The van der Waals surface area contributed by atoms with E-state index in [1.807, 2.05) is 0 Å². The van der Waals surface area contributed by atoms with Gasteiger partial charge in [-0.15, -0.1) is 5.10 Å². The first-order valence-electron chi connectivity index (χ1n) is 5.44. The average Bonchev–Trinajstić information content (AvgIpc) is 2.77. The van der Waals surface area contributed by atoms with E-state index in [0.717, 1.165) is 22.3 Å². The topological polar surface area (TPSA) is 41.6 Å². The van der Waals surface area contributed by atoms with Crippen molar-refractivity contribution in [2.24, 2.45) is 0 Å². The van der Waals surface area contributed by atoms with Gasteiger partial charge in [0.1, 0.15) is 11.6 Å². The molecule has 0 saturated heterocycles. The molecular formula is C12H14FN3S. The van der Waals surface area contributed by atoms with E-state index in [1.165, 1.54) is 12.1 Å². The van der Waals surface area contributed by atoms with Crippen LogP contribution in [-0.2, 0) is 5.75 Å². The zero-order valence-corrected chi connectivity index (χ0v) is 10.6. The number of nitrogens with zero attached hydrogens (tertiary/aromatic N) is 2. The van der Waals surface area contributed by atoms with Crippen LogP contribution in [0.4, 0.5) is 4.39 Å². The fourth-order valence-electron chi connectivity index (χ4n) is 1.31. The zero-order valence-electron chi connectivity index (χ0n) is 9.77. The van der Waals surface area contributed by atoms with Gasteiger partial charge in [-0.1, -0.05) is 37.7 Å². The molecule has 0 amide bonds. The second kappa shape index (κ2) is 5.31. The number of halogens is 1. The van der Waals surface area contributed by atoms with Crippen molar-refractivity contribution in [2.45, 2.75) is 30.7 Å². The molecule has 2 rings (SSSR count). The Balaban J connectivity index is 1.95. The lowest BCUT2D eigenvalue weighted by Crippen LogP contribution is -1.89. The Kier molecular flexibility index (Phi) is 3.78. The van der Waals surface area contributed by atoms with E-state index in [0.29, 0.717) is 5.92 Å². The highest BCUT2D eigenvalue weighted by Crippen LogP contribution is 2.20. The molecular weight excluding hydrogens is 237 g/mol. The maximum Gasteiger partial charge on any atom is 0.208 e. The van der Waals surface area contributed by atoms with E-state index in [9.17, 15) is 4.39 Å². The highest BCUT2D eigenvalue weighted by Gasteiger charge is 2.07. The summed E-state index contributed by atoms with van der Waals surface area (Å²) in [6.45, 7) is 4.13. The Bertz CT molecular complexity index is 479. The molecule has 0 atom stereocenters. The van der Waals surface area contributed by atoms with Crippen LogP contribution in [0.2, 0.25) is 0 Å². The molecule has 1 N–H and O–H groups in total. The van der Waals surface area contributed by atoms with Crippen LogP contribution in [-0.4, -0.2) is 15.2 Å². The minimum Gasteiger partial charge on any atom is -0.262 e. The summed E-state index contributed by atoms with van der Waals surface area (Å²) >= 11 is 1.54. The Hall–Kier alpha value is -1.36. The summed E-state index contributed by atoms with van der Waals surface area (Å²) in [7, 11) is 0. The molecule has 0 fully saturated rings. The highest BCUT2D eigenvalue weighted by molar-refractivity contribution is 7.98. The molecule has 0 spiro atoms. The van der Waals surface area contributed by atoms with Gasteiger partial charge in [-0.3, -0.25) is 5.10 Å². The minimum atomic E-state index is -0.210. The lowest BCUT2D eigenvalue weighted by atomic mass is 10.2. The molecule has 2 aromatic rings. The molecule has 0 radical (unpaired) electrons. The number of aromatic amines is 1. The van der Waals surface area contributed by atoms with Gasteiger partial charge in [0.25, 0.3) is 0 Å². The fourth-order valence-corrected chi connectivity index (χ4v) is 2.07. The molecule has 0 saturated carbocycles. The summed E-state index contributed by atoms with van der Waals surface area (Å²) in [4.78, 5) is 4.36. The van der Waals surface area contributed by atoms with Crippen molar-refractivity contribution < 1.29 is 4.39 Å². The summed E-state index contributed by atoms with van der Waals surface area (Å²) < 4.78 is 12.7. The van der Waals surface area contributed by atoms with Crippen molar-refractivity contribution in [3.63, 3.8) is 0 Å². The molecule has 0 bridgehead atoms. The molecule has 0 aliphatic carbocycles. The van der Waals surface area contributed by atoms with E-state index in [-0.39, 0.29) is 5.82 Å². The molecule has 0 aliphatic heterocycles. The summed E-state index contributed by atoms with van der Waals surface area (Å²) in [5.41, 5.74) is 1.06. The number of thioether (sulfide) groups is 1. The van der Waals surface area contributed by atoms with E-state index in [2.05, 4.69) is 29.0 Å². The van der Waals surface area contributed by atoms with E-state index < -0.39 is 0 Å². The molecule has 90 valence electrons. The van der Waals surface area contributed by atoms with E-state index >= 15 is 0 Å². The number of hydrogen-bond donors (Lipinski definition) is 1. The molecule has 17 heavy (non-hydrogen) atoms. The van der Waals surface area contributed by atoms with Crippen LogP contribution in [0.1, 0.15) is 31.2 Å². The first-order chi connectivity index (χ1) is 8.15. The molecule has 1 aromatic carbocycles. The number of benzene rings is 1. The fraction of sp³-hybridized carbons (Fsp3) is 0.333. The lowest BCUT2D eigenvalue weighted by molar-refractivity contribution is 0.627. The third kappa shape index (κ3) is 3.30. The van der Waals surface area contributed by atoms with Gasteiger partial charge in [0.2, 0.25) is 5.16 Å². The minimum absolute atomic E-state index is 0.210. The van der Waals surface area contributed by atoms with Gasteiger partial charge in [0.05, 0.1) is 0 Å². The van der Waals surface area contributed by atoms with Crippen LogP contribution >= 0.6 is 11.8 Å². The first-order valence-corrected chi connectivity index (χ1v) is 6.43. The maximum atomic E-state index is 12.7. The number of hydrogen-bond acceptors (Lipinski definition) is 3. The summed E-state index contributed by atoms with van der Waals surface area (Å²) in [6, 6.07) is 6.48. The third-order valence-corrected chi connectivity index (χ3v) is 3.23. The van der Waals surface area contributed by atoms with Crippen LogP contribution in [0.25, 0.3) is 0 Å². The van der Waals surface area contributed by atoms with Gasteiger partial charge in [-0.25, -0.2) is 9.37 Å². The van der Waals surface area contributed by atoms with Crippen molar-refractivity contribution in [1.82, 2.24) is 15.2 Å². The Labute approximate surface area is 104 Å².